The lowest BCUT2D eigenvalue weighted by molar-refractivity contribution is 0.0745. The Morgan fingerprint density at radius 2 is 1.79 bits per heavy atom. The first-order valence-electron chi connectivity index (χ1n) is 10.3. The average Bonchev–Trinajstić information content (AvgIpc) is 2.79. The van der Waals surface area contributed by atoms with Crippen molar-refractivity contribution in [1.29, 1.82) is 0 Å². The van der Waals surface area contributed by atoms with Gasteiger partial charge in [-0.2, -0.15) is 0 Å². The molecule has 1 aromatic heterocycles. The molecule has 0 spiro atoms. The summed E-state index contributed by atoms with van der Waals surface area (Å²) < 4.78 is 11.3. The molecule has 2 heterocycles. The maximum Gasteiger partial charge on any atom is 0.254 e. The highest BCUT2D eigenvalue weighted by Crippen LogP contribution is 2.29. The quantitative estimate of drug-likeness (QED) is 0.603. The van der Waals surface area contributed by atoms with Crippen LogP contribution in [0.15, 0.2) is 36.7 Å². The zero-order valence-electron chi connectivity index (χ0n) is 17.3. The molecule has 1 amide bonds. The predicted octanol–water partition coefficient (Wildman–Crippen LogP) is 3.41. The van der Waals surface area contributed by atoms with Crippen LogP contribution in [0.4, 0.5) is 5.95 Å². The summed E-state index contributed by atoms with van der Waals surface area (Å²) in [5.41, 5.74) is 0.615. The minimum Gasteiger partial charge on any atom is -0.493 e. The molecule has 0 aliphatic carbocycles. The van der Waals surface area contributed by atoms with Crippen LogP contribution < -0.4 is 14.4 Å². The van der Waals surface area contributed by atoms with Crippen LogP contribution in [0.5, 0.6) is 11.5 Å². The molecule has 0 unspecified atom stereocenters. The van der Waals surface area contributed by atoms with Crippen LogP contribution in [0.2, 0.25) is 0 Å². The summed E-state index contributed by atoms with van der Waals surface area (Å²) >= 11 is 0. The summed E-state index contributed by atoms with van der Waals surface area (Å²) in [7, 11) is 1.60. The molecule has 1 aliphatic rings. The Morgan fingerprint density at radius 3 is 2.48 bits per heavy atom. The summed E-state index contributed by atoms with van der Waals surface area (Å²) in [6, 6.07) is 7.23. The second kappa shape index (κ2) is 10.6. The number of methoxy groups -OCH3 is 1. The highest BCUT2D eigenvalue weighted by molar-refractivity contribution is 5.95. The molecule has 156 valence electrons. The Kier molecular flexibility index (Phi) is 7.67. The topological polar surface area (TPSA) is 67.8 Å². The molecule has 0 bridgehead atoms. The van der Waals surface area contributed by atoms with Crippen LogP contribution in [0, 0.1) is 0 Å². The number of anilines is 1. The van der Waals surface area contributed by atoms with Crippen LogP contribution in [0.1, 0.15) is 43.0 Å². The molecule has 0 radical (unpaired) electrons. The fourth-order valence-corrected chi connectivity index (χ4v) is 3.38. The molecule has 1 fully saturated rings. The number of amides is 1. The van der Waals surface area contributed by atoms with E-state index in [4.69, 9.17) is 9.47 Å². The van der Waals surface area contributed by atoms with Gasteiger partial charge in [-0.3, -0.25) is 4.79 Å². The molecule has 7 heteroatoms. The average molecular weight is 399 g/mol. The van der Waals surface area contributed by atoms with Crippen molar-refractivity contribution in [2.24, 2.45) is 0 Å². The van der Waals surface area contributed by atoms with Crippen molar-refractivity contribution in [3.63, 3.8) is 0 Å². The van der Waals surface area contributed by atoms with Crippen molar-refractivity contribution in [1.82, 2.24) is 14.9 Å². The van der Waals surface area contributed by atoms with E-state index in [2.05, 4.69) is 21.8 Å². The molecule has 0 saturated carbocycles. The van der Waals surface area contributed by atoms with E-state index in [1.807, 2.05) is 17.0 Å². The van der Waals surface area contributed by atoms with Gasteiger partial charge in [0.15, 0.2) is 11.5 Å². The number of piperazine rings is 1. The molecule has 1 aromatic carbocycles. The molecule has 1 saturated heterocycles. The van der Waals surface area contributed by atoms with Gasteiger partial charge in [0.25, 0.3) is 5.91 Å². The molecular formula is C22H30N4O3. The van der Waals surface area contributed by atoms with Gasteiger partial charge in [0, 0.05) is 44.1 Å². The van der Waals surface area contributed by atoms with Crippen molar-refractivity contribution in [3.8, 4) is 11.5 Å². The number of nitrogens with zero attached hydrogens (tertiary/aromatic N) is 4. The number of benzene rings is 1. The maximum atomic E-state index is 12.9. The molecular weight excluding hydrogens is 368 g/mol. The molecule has 2 aromatic rings. The lowest BCUT2D eigenvalue weighted by Gasteiger charge is -2.34. The Balaban J connectivity index is 1.56. The number of unbranched alkanes of at least 4 members (excludes halogenated alkanes) is 3. The number of hydrogen-bond donors (Lipinski definition) is 0. The van der Waals surface area contributed by atoms with Crippen LogP contribution >= 0.6 is 0 Å². The SMILES string of the molecule is CCCCCCOc1ccc(C(=O)N2CCN(c3ncccn3)CC2)cc1OC. The van der Waals surface area contributed by atoms with E-state index in [9.17, 15) is 4.79 Å². The van der Waals surface area contributed by atoms with Crippen molar-refractivity contribution in [2.75, 3.05) is 44.8 Å². The zero-order chi connectivity index (χ0) is 20.5. The van der Waals surface area contributed by atoms with Gasteiger partial charge in [0.05, 0.1) is 13.7 Å². The van der Waals surface area contributed by atoms with Gasteiger partial charge >= 0.3 is 0 Å². The van der Waals surface area contributed by atoms with Crippen LogP contribution in [-0.4, -0.2) is 60.7 Å². The Bertz CT molecular complexity index is 777. The van der Waals surface area contributed by atoms with E-state index in [0.717, 1.165) is 12.8 Å². The second-order valence-electron chi connectivity index (χ2n) is 7.10. The van der Waals surface area contributed by atoms with Crippen molar-refractivity contribution in [2.45, 2.75) is 32.6 Å². The van der Waals surface area contributed by atoms with Gasteiger partial charge in [-0.25, -0.2) is 9.97 Å². The maximum absolute atomic E-state index is 12.9. The fraction of sp³-hybridized carbons (Fsp3) is 0.500. The summed E-state index contributed by atoms with van der Waals surface area (Å²) in [4.78, 5) is 25.5. The number of aromatic nitrogens is 2. The first-order valence-corrected chi connectivity index (χ1v) is 10.3. The zero-order valence-corrected chi connectivity index (χ0v) is 17.3. The van der Waals surface area contributed by atoms with Gasteiger partial charge in [-0.05, 0) is 30.7 Å². The van der Waals surface area contributed by atoms with Gasteiger partial charge in [-0.1, -0.05) is 26.2 Å². The van der Waals surface area contributed by atoms with Crippen molar-refractivity contribution >= 4 is 11.9 Å². The molecule has 7 nitrogen and oxygen atoms in total. The summed E-state index contributed by atoms with van der Waals surface area (Å²) in [6.07, 6.45) is 8.08. The molecule has 0 N–H and O–H groups in total. The number of rotatable bonds is 9. The predicted molar refractivity (Wildman–Crippen MR) is 113 cm³/mol. The molecule has 29 heavy (non-hydrogen) atoms. The van der Waals surface area contributed by atoms with Crippen LogP contribution in [0.25, 0.3) is 0 Å². The smallest absolute Gasteiger partial charge is 0.254 e. The third kappa shape index (κ3) is 5.59. The number of ether oxygens (including phenoxy) is 2. The Labute approximate surface area is 172 Å². The highest BCUT2D eigenvalue weighted by Gasteiger charge is 2.24. The third-order valence-corrected chi connectivity index (χ3v) is 5.07. The summed E-state index contributed by atoms with van der Waals surface area (Å²) in [6.45, 7) is 5.55. The lowest BCUT2D eigenvalue weighted by atomic mass is 10.1. The first-order chi connectivity index (χ1) is 14.2. The molecule has 0 atom stereocenters. The second-order valence-corrected chi connectivity index (χ2v) is 7.10. The monoisotopic (exact) mass is 398 g/mol. The third-order valence-electron chi connectivity index (χ3n) is 5.07. The Hall–Kier alpha value is -2.83. The van der Waals surface area contributed by atoms with E-state index in [0.29, 0.717) is 55.8 Å². The highest BCUT2D eigenvalue weighted by atomic mass is 16.5. The van der Waals surface area contributed by atoms with E-state index in [-0.39, 0.29) is 5.91 Å². The van der Waals surface area contributed by atoms with E-state index in [1.165, 1.54) is 12.8 Å². The number of hydrogen-bond acceptors (Lipinski definition) is 6. The molecule has 3 rings (SSSR count). The normalized spacial score (nSPS) is 14.0. The standard InChI is InChI=1S/C22H30N4O3/c1-3-4-5-6-16-29-19-9-8-18(17-20(19)28-2)21(27)25-12-14-26(15-13-25)22-23-10-7-11-24-22/h7-11,17H,3-6,12-16H2,1-2H3. The molecule has 1 aliphatic heterocycles. The minimum atomic E-state index is 0.00595. The van der Waals surface area contributed by atoms with Gasteiger partial charge < -0.3 is 19.3 Å². The minimum absolute atomic E-state index is 0.00595. The number of carbonyl (C=O) groups is 1. The van der Waals surface area contributed by atoms with E-state index < -0.39 is 0 Å². The fourth-order valence-electron chi connectivity index (χ4n) is 3.38. The van der Waals surface area contributed by atoms with Gasteiger partial charge in [-0.15, -0.1) is 0 Å². The van der Waals surface area contributed by atoms with Crippen LogP contribution in [0.3, 0.4) is 0 Å². The Morgan fingerprint density at radius 1 is 1.03 bits per heavy atom. The van der Waals surface area contributed by atoms with Gasteiger partial charge in [0.2, 0.25) is 5.95 Å². The van der Waals surface area contributed by atoms with Gasteiger partial charge in [0.1, 0.15) is 0 Å². The summed E-state index contributed by atoms with van der Waals surface area (Å²) in [5, 5.41) is 0. The van der Waals surface area contributed by atoms with Crippen LogP contribution in [-0.2, 0) is 0 Å². The summed E-state index contributed by atoms with van der Waals surface area (Å²) in [5.74, 6) is 2.00. The van der Waals surface area contributed by atoms with E-state index >= 15 is 0 Å². The lowest BCUT2D eigenvalue weighted by Crippen LogP contribution is -2.49. The number of carbonyl (C=O) groups excluding carboxylic acids is 1. The first kappa shape index (κ1) is 20.9. The van der Waals surface area contributed by atoms with Crippen molar-refractivity contribution < 1.29 is 14.3 Å². The largest absolute Gasteiger partial charge is 0.493 e. The van der Waals surface area contributed by atoms with Crippen molar-refractivity contribution in [3.05, 3.63) is 42.2 Å². The van der Waals surface area contributed by atoms with E-state index in [1.54, 1.807) is 31.6 Å².